The van der Waals surface area contributed by atoms with Gasteiger partial charge in [0.25, 0.3) is 0 Å². The van der Waals surface area contributed by atoms with E-state index in [-0.39, 0.29) is 36.5 Å². The van der Waals surface area contributed by atoms with Crippen LogP contribution < -0.4 is 10.6 Å². The van der Waals surface area contributed by atoms with E-state index in [0.29, 0.717) is 21.4 Å². The Bertz CT molecular complexity index is 1460. The van der Waals surface area contributed by atoms with E-state index in [1.54, 1.807) is 48.5 Å². The standard InChI is InChI=1S/C28H24N8O2S2/c29-15-19-8-4-17(5-9-19)12-23(37)31-27-35-33-25(39-27)21-2-1-3-22(14-21)26-34-36-28(40-26)32-24(38)13-18-6-10-20(16-30)11-7-18/h4-11,21-22H,1-3,12-14H2,(H,31,35,37)(H,32,36,38)/t21-,22-/m0/s1. The summed E-state index contributed by atoms with van der Waals surface area (Å²) in [7, 11) is 0. The molecule has 200 valence electrons. The van der Waals surface area contributed by atoms with Crippen LogP contribution in [0.4, 0.5) is 10.3 Å². The normalized spacial score (nSPS) is 16.4. The van der Waals surface area contributed by atoms with E-state index in [2.05, 4.69) is 43.2 Å². The molecule has 1 fully saturated rings. The Kier molecular flexibility index (Phi) is 8.50. The van der Waals surface area contributed by atoms with Crippen molar-refractivity contribution in [2.45, 2.75) is 50.4 Å². The fourth-order valence-electron chi connectivity index (χ4n) is 4.63. The SMILES string of the molecule is N#Cc1ccc(CC(=O)Nc2nnc([C@H]3CCC[C@H](c4nnc(NC(=O)Cc5ccc(C#N)cc5)s4)C3)s2)cc1. The number of anilines is 2. The summed E-state index contributed by atoms with van der Waals surface area (Å²) >= 11 is 2.79. The highest BCUT2D eigenvalue weighted by atomic mass is 32.1. The van der Waals surface area contributed by atoms with Crippen LogP contribution in [-0.4, -0.2) is 32.2 Å². The molecule has 0 aliphatic heterocycles. The van der Waals surface area contributed by atoms with Gasteiger partial charge in [0.15, 0.2) is 0 Å². The number of nitriles is 2. The van der Waals surface area contributed by atoms with Gasteiger partial charge in [0, 0.05) is 11.8 Å². The van der Waals surface area contributed by atoms with Crippen LogP contribution in [0.3, 0.4) is 0 Å². The van der Waals surface area contributed by atoms with Crippen molar-refractivity contribution in [2.24, 2.45) is 0 Å². The topological polar surface area (TPSA) is 157 Å². The molecule has 2 amide bonds. The maximum absolute atomic E-state index is 12.5. The molecule has 12 heteroatoms. The van der Waals surface area contributed by atoms with Gasteiger partial charge in [-0.3, -0.25) is 9.59 Å². The summed E-state index contributed by atoms with van der Waals surface area (Å²) in [6, 6.07) is 18.0. The van der Waals surface area contributed by atoms with Crippen LogP contribution in [0.15, 0.2) is 48.5 Å². The summed E-state index contributed by atoms with van der Waals surface area (Å²) in [4.78, 5) is 24.9. The Hall–Kier alpha value is -4.52. The van der Waals surface area contributed by atoms with Crippen LogP contribution in [0, 0.1) is 22.7 Å². The van der Waals surface area contributed by atoms with E-state index in [1.165, 1.54) is 22.7 Å². The first kappa shape index (κ1) is 27.1. The van der Waals surface area contributed by atoms with Gasteiger partial charge in [0.1, 0.15) is 10.0 Å². The average molecular weight is 569 g/mol. The molecule has 2 N–H and O–H groups in total. The molecule has 2 heterocycles. The van der Waals surface area contributed by atoms with Gasteiger partial charge in [-0.25, -0.2) is 0 Å². The number of hydrogen-bond acceptors (Lipinski definition) is 10. The van der Waals surface area contributed by atoms with Crippen molar-refractivity contribution in [1.82, 2.24) is 20.4 Å². The van der Waals surface area contributed by atoms with Gasteiger partial charge in [0.05, 0.1) is 36.1 Å². The van der Waals surface area contributed by atoms with E-state index in [0.717, 1.165) is 46.8 Å². The number of carbonyl (C=O) groups excluding carboxylic acids is 2. The molecular formula is C28H24N8O2S2. The number of benzene rings is 2. The van der Waals surface area contributed by atoms with Crippen molar-refractivity contribution in [3.63, 3.8) is 0 Å². The summed E-state index contributed by atoms with van der Waals surface area (Å²) in [5, 5.41) is 43.3. The minimum absolute atomic E-state index is 0.184. The molecule has 5 rings (SSSR count). The molecule has 40 heavy (non-hydrogen) atoms. The highest BCUT2D eigenvalue weighted by Crippen LogP contribution is 2.43. The van der Waals surface area contributed by atoms with E-state index < -0.39 is 0 Å². The number of aromatic nitrogens is 4. The van der Waals surface area contributed by atoms with E-state index in [9.17, 15) is 9.59 Å². The molecular weight excluding hydrogens is 544 g/mol. The molecule has 10 nitrogen and oxygen atoms in total. The van der Waals surface area contributed by atoms with Gasteiger partial charge in [0.2, 0.25) is 22.1 Å². The van der Waals surface area contributed by atoms with E-state index >= 15 is 0 Å². The molecule has 2 aromatic carbocycles. The molecule has 0 saturated heterocycles. The van der Waals surface area contributed by atoms with E-state index in [1.807, 2.05) is 0 Å². The Balaban J connectivity index is 1.14. The highest BCUT2D eigenvalue weighted by Gasteiger charge is 2.29. The van der Waals surface area contributed by atoms with Crippen LogP contribution in [-0.2, 0) is 22.4 Å². The molecule has 2 atom stereocenters. The summed E-state index contributed by atoms with van der Waals surface area (Å²) in [5.74, 6) is 0.0468. The molecule has 1 aliphatic rings. The van der Waals surface area contributed by atoms with Crippen molar-refractivity contribution in [3.05, 3.63) is 80.8 Å². The third-order valence-electron chi connectivity index (χ3n) is 6.64. The Morgan fingerprint density at radius 2 is 1.15 bits per heavy atom. The van der Waals surface area contributed by atoms with Crippen LogP contribution in [0.25, 0.3) is 0 Å². The average Bonchev–Trinajstić information content (AvgIpc) is 3.64. The molecule has 2 aromatic heterocycles. The molecule has 0 unspecified atom stereocenters. The van der Waals surface area contributed by atoms with Crippen molar-refractivity contribution < 1.29 is 9.59 Å². The van der Waals surface area contributed by atoms with Gasteiger partial charge in [-0.1, -0.05) is 53.4 Å². The predicted molar refractivity (Wildman–Crippen MR) is 151 cm³/mol. The zero-order chi connectivity index (χ0) is 27.9. The van der Waals surface area contributed by atoms with Crippen molar-refractivity contribution in [1.29, 1.82) is 10.5 Å². The van der Waals surface area contributed by atoms with Gasteiger partial charge in [-0.2, -0.15) is 10.5 Å². The number of carbonyl (C=O) groups is 2. The molecule has 0 radical (unpaired) electrons. The molecule has 0 bridgehead atoms. The lowest BCUT2D eigenvalue weighted by Crippen LogP contribution is -2.14. The zero-order valence-corrected chi connectivity index (χ0v) is 23.0. The number of rotatable bonds is 8. The quantitative estimate of drug-likeness (QED) is 0.303. The van der Waals surface area contributed by atoms with Gasteiger partial charge >= 0.3 is 0 Å². The minimum Gasteiger partial charge on any atom is -0.300 e. The molecule has 4 aromatic rings. The van der Waals surface area contributed by atoms with Crippen LogP contribution in [0.1, 0.15) is 69.8 Å². The lowest BCUT2D eigenvalue weighted by Gasteiger charge is -2.25. The fourth-order valence-corrected chi connectivity index (χ4v) is 6.44. The first-order valence-electron chi connectivity index (χ1n) is 12.7. The first-order valence-corrected chi connectivity index (χ1v) is 14.4. The lowest BCUT2D eigenvalue weighted by atomic mass is 9.82. The summed E-state index contributed by atoms with van der Waals surface area (Å²) in [6.07, 6.45) is 4.20. The second-order valence-corrected chi connectivity index (χ2v) is 11.5. The van der Waals surface area contributed by atoms with Gasteiger partial charge in [-0.05, 0) is 54.7 Å². The van der Waals surface area contributed by atoms with Crippen molar-refractivity contribution in [2.75, 3.05) is 10.6 Å². The van der Waals surface area contributed by atoms with E-state index in [4.69, 9.17) is 10.5 Å². The summed E-state index contributed by atoms with van der Waals surface area (Å²) in [6.45, 7) is 0. The fraction of sp³-hybridized carbons (Fsp3) is 0.286. The first-order chi connectivity index (χ1) is 19.5. The van der Waals surface area contributed by atoms with Crippen molar-refractivity contribution >= 4 is 44.8 Å². The van der Waals surface area contributed by atoms with Crippen LogP contribution in [0.5, 0.6) is 0 Å². The second kappa shape index (κ2) is 12.6. The molecule has 0 spiro atoms. The third-order valence-corrected chi connectivity index (χ3v) is 8.64. The highest BCUT2D eigenvalue weighted by molar-refractivity contribution is 7.15. The lowest BCUT2D eigenvalue weighted by molar-refractivity contribution is -0.116. The van der Waals surface area contributed by atoms with Crippen molar-refractivity contribution in [3.8, 4) is 12.1 Å². The van der Waals surface area contributed by atoms with Gasteiger partial charge in [-0.15, -0.1) is 20.4 Å². The second-order valence-electron chi connectivity index (χ2n) is 9.52. The summed E-state index contributed by atoms with van der Waals surface area (Å²) < 4.78 is 0. The number of amides is 2. The number of nitrogens with one attached hydrogen (secondary N) is 2. The van der Waals surface area contributed by atoms with Crippen LogP contribution >= 0.6 is 22.7 Å². The zero-order valence-electron chi connectivity index (χ0n) is 21.3. The number of nitrogens with zero attached hydrogens (tertiary/aromatic N) is 6. The minimum atomic E-state index is -0.184. The third kappa shape index (κ3) is 6.91. The summed E-state index contributed by atoms with van der Waals surface area (Å²) in [5.41, 5.74) is 2.74. The molecule has 1 aliphatic carbocycles. The van der Waals surface area contributed by atoms with Gasteiger partial charge < -0.3 is 10.6 Å². The Labute approximate surface area is 238 Å². The maximum Gasteiger partial charge on any atom is 0.230 e. The molecule has 1 saturated carbocycles. The number of hydrogen-bond donors (Lipinski definition) is 2. The Morgan fingerprint density at radius 3 is 1.55 bits per heavy atom. The van der Waals surface area contributed by atoms with Crippen LogP contribution in [0.2, 0.25) is 0 Å². The largest absolute Gasteiger partial charge is 0.300 e. The predicted octanol–water partition coefficient (Wildman–Crippen LogP) is 4.94. The monoisotopic (exact) mass is 568 g/mol. The smallest absolute Gasteiger partial charge is 0.230 e. The Morgan fingerprint density at radius 1 is 0.725 bits per heavy atom. The maximum atomic E-state index is 12.5.